The van der Waals surface area contributed by atoms with Gasteiger partial charge in [0.1, 0.15) is 17.2 Å². The molecule has 8 nitrogen and oxygen atoms in total. The zero-order valence-electron chi connectivity index (χ0n) is 12.1. The number of ether oxygens (including phenoxy) is 1. The maximum Gasteiger partial charge on any atom is 0.222 e. The first kappa shape index (κ1) is 13.7. The molecule has 21 heavy (non-hydrogen) atoms. The van der Waals surface area contributed by atoms with Crippen LogP contribution in [-0.4, -0.2) is 40.5 Å². The lowest BCUT2D eigenvalue weighted by molar-refractivity contribution is 0.193. The van der Waals surface area contributed by atoms with Gasteiger partial charge in [-0.1, -0.05) is 10.3 Å². The van der Waals surface area contributed by atoms with Crippen LogP contribution in [0.5, 0.6) is 0 Å². The summed E-state index contributed by atoms with van der Waals surface area (Å²) in [6, 6.07) is 1.96. The van der Waals surface area contributed by atoms with E-state index < -0.39 is 0 Å². The van der Waals surface area contributed by atoms with Gasteiger partial charge < -0.3 is 15.4 Å². The second-order valence-electron chi connectivity index (χ2n) is 5.22. The summed E-state index contributed by atoms with van der Waals surface area (Å²) in [5.74, 6) is 1.32. The third-order valence-corrected chi connectivity index (χ3v) is 3.62. The third-order valence-electron chi connectivity index (χ3n) is 3.62. The zero-order valence-corrected chi connectivity index (χ0v) is 12.1. The van der Waals surface area contributed by atoms with Gasteiger partial charge in [-0.3, -0.25) is 0 Å². The van der Waals surface area contributed by atoms with Crippen LogP contribution in [0.25, 0.3) is 0 Å². The molecule has 0 amide bonds. The van der Waals surface area contributed by atoms with Crippen molar-refractivity contribution in [2.24, 2.45) is 0 Å². The number of anilines is 2. The molecule has 3 heterocycles. The van der Waals surface area contributed by atoms with Gasteiger partial charge in [-0.05, 0) is 13.3 Å². The number of aryl methyl sites for hydroxylation is 1. The summed E-state index contributed by atoms with van der Waals surface area (Å²) < 4.78 is 10.1. The van der Waals surface area contributed by atoms with Crippen LogP contribution in [0.3, 0.4) is 0 Å². The molecule has 0 radical (unpaired) electrons. The van der Waals surface area contributed by atoms with Crippen molar-refractivity contribution >= 4 is 11.8 Å². The average molecular weight is 290 g/mol. The number of aromatic nitrogens is 4. The van der Waals surface area contributed by atoms with Gasteiger partial charge in [0.2, 0.25) is 5.95 Å². The molecular formula is C13H18N6O2. The number of nitrogen functional groups attached to an aromatic ring is 1. The van der Waals surface area contributed by atoms with E-state index in [2.05, 4.69) is 20.3 Å². The Labute approximate surface area is 122 Å². The Morgan fingerprint density at radius 2 is 2.24 bits per heavy atom. The summed E-state index contributed by atoms with van der Waals surface area (Å²) in [6.45, 7) is 3.86. The Kier molecular flexibility index (Phi) is 3.70. The van der Waals surface area contributed by atoms with E-state index in [-0.39, 0.29) is 11.9 Å². The highest BCUT2D eigenvalue weighted by Crippen LogP contribution is 2.26. The van der Waals surface area contributed by atoms with Gasteiger partial charge in [0.05, 0.1) is 18.8 Å². The summed E-state index contributed by atoms with van der Waals surface area (Å²) in [5.41, 5.74) is 8.31. The van der Waals surface area contributed by atoms with E-state index in [4.69, 9.17) is 15.1 Å². The molecule has 0 unspecified atom stereocenters. The summed E-state index contributed by atoms with van der Waals surface area (Å²) in [5, 5.41) is 7.66. The van der Waals surface area contributed by atoms with Gasteiger partial charge in [-0.25, -0.2) is 9.61 Å². The van der Waals surface area contributed by atoms with Crippen LogP contribution in [0.2, 0.25) is 0 Å². The number of nitrogens with zero attached hydrogens (tertiary/aromatic N) is 5. The molecule has 0 spiro atoms. The predicted octanol–water partition coefficient (Wildman–Crippen LogP) is 0.891. The number of hydrogen-bond donors (Lipinski definition) is 1. The minimum absolute atomic E-state index is 0.274. The quantitative estimate of drug-likeness (QED) is 0.885. The summed E-state index contributed by atoms with van der Waals surface area (Å²) in [4.78, 5) is 10.6. The van der Waals surface area contributed by atoms with Crippen LogP contribution in [0.4, 0.5) is 11.8 Å². The summed E-state index contributed by atoms with van der Waals surface area (Å²) >= 11 is 0. The first-order valence-corrected chi connectivity index (χ1v) is 6.85. The zero-order chi connectivity index (χ0) is 14.8. The van der Waals surface area contributed by atoms with Crippen molar-refractivity contribution in [1.82, 2.24) is 20.3 Å². The van der Waals surface area contributed by atoms with Crippen LogP contribution in [0.15, 0.2) is 10.7 Å². The highest BCUT2D eigenvalue weighted by Gasteiger charge is 2.21. The minimum atomic E-state index is 0.274. The molecule has 3 rings (SSSR count). The molecule has 112 valence electrons. The maximum absolute atomic E-state index is 5.83. The van der Waals surface area contributed by atoms with Crippen molar-refractivity contribution in [2.75, 3.05) is 30.9 Å². The largest absolute Gasteiger partial charge is 0.381 e. The highest BCUT2D eigenvalue weighted by molar-refractivity contribution is 5.44. The van der Waals surface area contributed by atoms with Crippen molar-refractivity contribution in [1.29, 1.82) is 0 Å². The standard InChI is InChI=1S/C13H18N6O2/c1-8-11(18-21-17-8)6-19(2)12-5-10(15-13(14)16-12)9-3-4-20-7-9/h5,9H,3-4,6-7H2,1-2H3,(H2,14,15,16)/t9-/m1/s1. The van der Waals surface area contributed by atoms with Gasteiger partial charge in [0.25, 0.3) is 0 Å². The Bertz CT molecular complexity index is 623. The Morgan fingerprint density at radius 3 is 2.90 bits per heavy atom. The topological polar surface area (TPSA) is 103 Å². The maximum atomic E-state index is 5.83. The van der Waals surface area contributed by atoms with E-state index in [1.807, 2.05) is 24.9 Å². The second kappa shape index (κ2) is 5.65. The lowest BCUT2D eigenvalue weighted by atomic mass is 10.0. The Morgan fingerprint density at radius 1 is 1.38 bits per heavy atom. The van der Waals surface area contributed by atoms with Crippen LogP contribution in [0, 0.1) is 6.92 Å². The Balaban J connectivity index is 1.82. The van der Waals surface area contributed by atoms with E-state index in [1.165, 1.54) is 0 Å². The molecule has 2 N–H and O–H groups in total. The molecule has 1 saturated heterocycles. The summed E-state index contributed by atoms with van der Waals surface area (Å²) in [7, 11) is 1.92. The molecule has 1 fully saturated rings. The monoisotopic (exact) mass is 290 g/mol. The fraction of sp³-hybridized carbons (Fsp3) is 0.538. The molecule has 1 atom stereocenters. The molecular weight excluding hydrogens is 272 g/mol. The minimum Gasteiger partial charge on any atom is -0.381 e. The molecule has 2 aromatic rings. The molecule has 2 aromatic heterocycles. The fourth-order valence-corrected chi connectivity index (χ4v) is 2.34. The van der Waals surface area contributed by atoms with E-state index in [0.29, 0.717) is 13.2 Å². The molecule has 0 saturated carbocycles. The predicted molar refractivity (Wildman–Crippen MR) is 75.8 cm³/mol. The molecule has 0 aromatic carbocycles. The fourth-order valence-electron chi connectivity index (χ4n) is 2.34. The van der Waals surface area contributed by atoms with E-state index >= 15 is 0 Å². The smallest absolute Gasteiger partial charge is 0.222 e. The van der Waals surface area contributed by atoms with Crippen molar-refractivity contribution in [3.63, 3.8) is 0 Å². The first-order valence-electron chi connectivity index (χ1n) is 6.85. The highest BCUT2D eigenvalue weighted by atomic mass is 16.6. The molecule has 1 aliphatic rings. The van der Waals surface area contributed by atoms with E-state index in [0.717, 1.165) is 35.9 Å². The van der Waals surface area contributed by atoms with Crippen LogP contribution >= 0.6 is 0 Å². The molecule has 8 heteroatoms. The normalized spacial score (nSPS) is 18.1. The van der Waals surface area contributed by atoms with Crippen LogP contribution in [-0.2, 0) is 11.3 Å². The molecule has 0 bridgehead atoms. The second-order valence-corrected chi connectivity index (χ2v) is 5.22. The average Bonchev–Trinajstić information content (AvgIpc) is 3.11. The summed E-state index contributed by atoms with van der Waals surface area (Å²) in [6.07, 6.45) is 0.964. The van der Waals surface area contributed by atoms with Crippen molar-refractivity contribution in [3.8, 4) is 0 Å². The SMILES string of the molecule is Cc1nonc1CN(C)c1cc([C@@H]2CCOC2)nc(N)n1. The lowest BCUT2D eigenvalue weighted by Crippen LogP contribution is -2.20. The van der Waals surface area contributed by atoms with Crippen LogP contribution in [0.1, 0.15) is 29.4 Å². The van der Waals surface area contributed by atoms with Crippen LogP contribution < -0.4 is 10.6 Å². The lowest BCUT2D eigenvalue weighted by Gasteiger charge is -2.18. The van der Waals surface area contributed by atoms with Gasteiger partial charge >= 0.3 is 0 Å². The van der Waals surface area contributed by atoms with Crippen molar-refractivity contribution in [3.05, 3.63) is 23.1 Å². The van der Waals surface area contributed by atoms with Gasteiger partial charge in [-0.15, -0.1) is 0 Å². The molecule has 0 aliphatic carbocycles. The first-order chi connectivity index (χ1) is 10.1. The van der Waals surface area contributed by atoms with E-state index in [9.17, 15) is 0 Å². The number of rotatable bonds is 4. The van der Waals surface area contributed by atoms with Gasteiger partial charge in [0.15, 0.2) is 0 Å². The van der Waals surface area contributed by atoms with Crippen molar-refractivity contribution in [2.45, 2.75) is 25.8 Å². The van der Waals surface area contributed by atoms with Gasteiger partial charge in [-0.2, -0.15) is 4.98 Å². The van der Waals surface area contributed by atoms with E-state index in [1.54, 1.807) is 0 Å². The Hall–Kier alpha value is -2.22. The number of hydrogen-bond acceptors (Lipinski definition) is 8. The van der Waals surface area contributed by atoms with Gasteiger partial charge in [0, 0.05) is 25.6 Å². The third kappa shape index (κ3) is 2.94. The number of nitrogens with two attached hydrogens (primary N) is 1. The molecule has 1 aliphatic heterocycles. The van der Waals surface area contributed by atoms with Crippen molar-refractivity contribution < 1.29 is 9.37 Å².